The van der Waals surface area contributed by atoms with Crippen LogP contribution in [0.15, 0.2) is 53.1 Å². The first kappa shape index (κ1) is 24.4. The summed E-state index contributed by atoms with van der Waals surface area (Å²) >= 11 is 1.38. The van der Waals surface area contributed by atoms with Gasteiger partial charge in [0, 0.05) is 54.7 Å². The van der Waals surface area contributed by atoms with Gasteiger partial charge >= 0.3 is 0 Å². The first-order valence-corrected chi connectivity index (χ1v) is 12.6. The van der Waals surface area contributed by atoms with Crippen LogP contribution in [0.4, 0.5) is 5.13 Å². The molecule has 1 aliphatic heterocycles. The Kier molecular flexibility index (Phi) is 6.87. The zero-order valence-electron chi connectivity index (χ0n) is 20.6. The molecular formula is C26H25N5O5S. The summed E-state index contributed by atoms with van der Waals surface area (Å²) in [6.45, 7) is 6.84. The molecule has 3 heterocycles. The summed E-state index contributed by atoms with van der Waals surface area (Å²) in [4.78, 5) is 32.5. The third-order valence-corrected chi connectivity index (χ3v) is 6.58. The fourth-order valence-corrected chi connectivity index (χ4v) is 4.58. The number of likely N-dealkylation sites (tertiary alicyclic amines) is 1. The molecule has 5 rings (SSSR count). The second-order valence-corrected chi connectivity index (χ2v) is 9.72. The predicted octanol–water partition coefficient (Wildman–Crippen LogP) is 4.85. The van der Waals surface area contributed by atoms with Gasteiger partial charge in [0.05, 0.1) is 0 Å². The van der Waals surface area contributed by atoms with Crippen molar-refractivity contribution in [3.63, 3.8) is 0 Å². The van der Waals surface area contributed by atoms with Gasteiger partial charge in [0.2, 0.25) is 11.8 Å². The molecule has 2 aromatic carbocycles. The minimum Gasteiger partial charge on any atom is -0.480 e. The van der Waals surface area contributed by atoms with Crippen molar-refractivity contribution < 1.29 is 23.5 Å². The molecule has 11 heteroatoms. The zero-order chi connectivity index (χ0) is 25.9. The van der Waals surface area contributed by atoms with Gasteiger partial charge in [-0.05, 0) is 50.2 Å². The maximum absolute atomic E-state index is 13.0. The molecule has 1 fully saturated rings. The van der Waals surface area contributed by atoms with E-state index in [0.717, 1.165) is 10.4 Å². The third kappa shape index (κ3) is 5.61. The second kappa shape index (κ2) is 10.4. The van der Waals surface area contributed by atoms with Crippen LogP contribution in [0, 0.1) is 13.8 Å². The molecule has 1 unspecified atom stereocenters. The number of thiazole rings is 1. The molecule has 190 valence electrons. The molecule has 0 radical (unpaired) electrons. The molecule has 0 spiro atoms. The number of rotatable bonds is 8. The molecule has 2 amide bonds. The van der Waals surface area contributed by atoms with Gasteiger partial charge in [-0.2, -0.15) is 0 Å². The van der Waals surface area contributed by atoms with E-state index in [1.165, 1.54) is 11.3 Å². The van der Waals surface area contributed by atoms with Gasteiger partial charge in [0.25, 0.3) is 11.8 Å². The van der Waals surface area contributed by atoms with Gasteiger partial charge in [0.15, 0.2) is 11.2 Å². The highest BCUT2D eigenvalue weighted by Gasteiger charge is 2.32. The van der Waals surface area contributed by atoms with Gasteiger partial charge in [0.1, 0.15) is 17.2 Å². The Morgan fingerprint density at radius 1 is 1.14 bits per heavy atom. The molecule has 4 aromatic rings. The van der Waals surface area contributed by atoms with E-state index >= 15 is 0 Å². The average molecular weight is 520 g/mol. The van der Waals surface area contributed by atoms with Crippen molar-refractivity contribution in [2.45, 2.75) is 33.3 Å². The van der Waals surface area contributed by atoms with Crippen LogP contribution in [0.1, 0.15) is 34.5 Å². The Morgan fingerprint density at radius 3 is 2.57 bits per heavy atom. The number of ether oxygens (including phenoxy) is 2. The van der Waals surface area contributed by atoms with Crippen molar-refractivity contribution in [2.24, 2.45) is 0 Å². The lowest BCUT2D eigenvalue weighted by Crippen LogP contribution is -2.32. The van der Waals surface area contributed by atoms with Crippen molar-refractivity contribution in [3.05, 3.63) is 65.0 Å². The van der Waals surface area contributed by atoms with Crippen molar-refractivity contribution in [1.82, 2.24) is 20.1 Å². The van der Waals surface area contributed by atoms with E-state index in [4.69, 9.17) is 13.9 Å². The van der Waals surface area contributed by atoms with E-state index < -0.39 is 6.10 Å². The normalized spacial score (nSPS) is 15.2. The lowest BCUT2D eigenvalue weighted by atomic mass is 10.1. The number of aromatic nitrogens is 3. The van der Waals surface area contributed by atoms with Crippen LogP contribution in [-0.2, 0) is 4.79 Å². The quantitative estimate of drug-likeness (QED) is 0.351. The average Bonchev–Trinajstić information content (AvgIpc) is 3.60. The highest BCUT2D eigenvalue weighted by molar-refractivity contribution is 7.15. The van der Waals surface area contributed by atoms with Crippen LogP contribution in [-0.4, -0.2) is 51.1 Å². The van der Waals surface area contributed by atoms with E-state index in [0.29, 0.717) is 59.2 Å². The van der Waals surface area contributed by atoms with Crippen molar-refractivity contribution in [3.8, 4) is 28.7 Å². The van der Waals surface area contributed by atoms with Crippen LogP contribution < -0.4 is 14.8 Å². The molecule has 0 saturated carbocycles. The summed E-state index contributed by atoms with van der Waals surface area (Å²) in [5.74, 6) is 1.76. The summed E-state index contributed by atoms with van der Waals surface area (Å²) in [5.41, 5.74) is 1.07. The monoisotopic (exact) mass is 519 g/mol. The summed E-state index contributed by atoms with van der Waals surface area (Å²) in [5, 5.41) is 11.2. The van der Waals surface area contributed by atoms with Gasteiger partial charge in [-0.1, -0.05) is 0 Å². The summed E-state index contributed by atoms with van der Waals surface area (Å²) in [6, 6.07) is 12.0. The van der Waals surface area contributed by atoms with Crippen LogP contribution in [0.25, 0.3) is 11.5 Å². The number of hydrogen-bond acceptors (Lipinski definition) is 9. The maximum atomic E-state index is 13.0. The number of hydrogen-bond donors (Lipinski definition) is 1. The zero-order valence-corrected chi connectivity index (χ0v) is 21.4. The fraction of sp³-hybridized carbons (Fsp3) is 0.269. The Balaban J connectivity index is 1.39. The van der Waals surface area contributed by atoms with E-state index in [9.17, 15) is 9.59 Å². The highest BCUT2D eigenvalue weighted by Crippen LogP contribution is 2.31. The van der Waals surface area contributed by atoms with Crippen LogP contribution in [0.3, 0.4) is 0 Å². The largest absolute Gasteiger partial charge is 0.480 e. The summed E-state index contributed by atoms with van der Waals surface area (Å²) in [6.07, 6.45) is 1.66. The first-order valence-electron chi connectivity index (χ1n) is 11.8. The van der Waals surface area contributed by atoms with E-state index in [2.05, 4.69) is 20.5 Å². The summed E-state index contributed by atoms with van der Waals surface area (Å²) < 4.78 is 17.6. The van der Waals surface area contributed by atoms with Crippen molar-refractivity contribution in [1.29, 1.82) is 0 Å². The Labute approximate surface area is 217 Å². The standard InChI is InChI=1S/C26H25N5O5S/c1-4-31-10-9-22(25(31)33)36-21-12-18(23(32)28-26-27-14-15(2)37-26)11-20(13-21)35-19-7-5-17(6-8-19)24-30-29-16(3)34-24/h5-8,11-14,22H,4,9-10H2,1-3H3,(H,27,28,32). The number of carbonyl (C=O) groups is 2. The Morgan fingerprint density at radius 2 is 1.92 bits per heavy atom. The number of anilines is 1. The minimum absolute atomic E-state index is 0.0649. The van der Waals surface area contributed by atoms with E-state index in [1.54, 1.807) is 60.5 Å². The number of benzene rings is 2. The molecule has 1 saturated heterocycles. The highest BCUT2D eigenvalue weighted by atomic mass is 32.1. The number of nitrogens with one attached hydrogen (secondary N) is 1. The topological polar surface area (TPSA) is 120 Å². The summed E-state index contributed by atoms with van der Waals surface area (Å²) in [7, 11) is 0. The molecule has 1 N–H and O–H groups in total. The van der Waals surface area contributed by atoms with Crippen LogP contribution >= 0.6 is 11.3 Å². The molecular weight excluding hydrogens is 494 g/mol. The number of amides is 2. The fourth-order valence-electron chi connectivity index (χ4n) is 3.92. The minimum atomic E-state index is -0.607. The molecule has 0 aliphatic carbocycles. The lowest BCUT2D eigenvalue weighted by molar-refractivity contribution is -0.133. The predicted molar refractivity (Wildman–Crippen MR) is 137 cm³/mol. The lowest BCUT2D eigenvalue weighted by Gasteiger charge is -2.16. The molecule has 10 nitrogen and oxygen atoms in total. The maximum Gasteiger partial charge on any atom is 0.263 e. The Bertz CT molecular complexity index is 1430. The van der Waals surface area contributed by atoms with Gasteiger partial charge < -0.3 is 18.8 Å². The number of carbonyl (C=O) groups excluding carboxylic acids is 2. The van der Waals surface area contributed by atoms with Crippen LogP contribution in [0.5, 0.6) is 17.2 Å². The van der Waals surface area contributed by atoms with Gasteiger partial charge in [-0.15, -0.1) is 21.5 Å². The van der Waals surface area contributed by atoms with E-state index in [1.807, 2.05) is 13.8 Å². The van der Waals surface area contributed by atoms with Gasteiger partial charge in [-0.3, -0.25) is 14.9 Å². The number of likely N-dealkylation sites (N-methyl/N-ethyl adjacent to an activating group) is 1. The second-order valence-electron chi connectivity index (χ2n) is 8.49. The number of aryl methyl sites for hydroxylation is 2. The van der Waals surface area contributed by atoms with E-state index in [-0.39, 0.29) is 11.8 Å². The first-order chi connectivity index (χ1) is 17.9. The van der Waals surface area contributed by atoms with Crippen LogP contribution in [0.2, 0.25) is 0 Å². The number of nitrogens with zero attached hydrogens (tertiary/aromatic N) is 4. The van der Waals surface area contributed by atoms with Crippen molar-refractivity contribution in [2.75, 3.05) is 18.4 Å². The van der Waals surface area contributed by atoms with Crippen molar-refractivity contribution >= 4 is 28.3 Å². The molecule has 37 heavy (non-hydrogen) atoms. The molecule has 0 bridgehead atoms. The molecule has 1 atom stereocenters. The Hall–Kier alpha value is -4.25. The van der Waals surface area contributed by atoms with Gasteiger partial charge in [-0.25, -0.2) is 4.98 Å². The smallest absolute Gasteiger partial charge is 0.263 e. The third-order valence-electron chi connectivity index (χ3n) is 5.76. The SMILES string of the molecule is CCN1CCC(Oc2cc(Oc3ccc(-c4nnc(C)o4)cc3)cc(C(=O)Nc3ncc(C)s3)c2)C1=O. The molecule has 2 aromatic heterocycles. The molecule has 1 aliphatic rings.